The van der Waals surface area contributed by atoms with E-state index in [1.807, 2.05) is 28.7 Å². The minimum Gasteiger partial charge on any atom is -0.229 e. The standard InChI is InChI=1S/C8H4ClF2IN2/c9-6-5(7(10)11)3-4(1-2-13)8(12)14-6/h3,7H,1H2. The van der Waals surface area contributed by atoms with Crippen LogP contribution in [0.3, 0.4) is 0 Å². The van der Waals surface area contributed by atoms with Crippen molar-refractivity contribution < 1.29 is 8.78 Å². The van der Waals surface area contributed by atoms with Crippen molar-refractivity contribution in [2.45, 2.75) is 12.8 Å². The van der Waals surface area contributed by atoms with Crippen LogP contribution in [0.15, 0.2) is 6.07 Å². The Morgan fingerprint density at radius 2 is 2.29 bits per heavy atom. The lowest BCUT2D eigenvalue weighted by Crippen LogP contribution is -1.97. The van der Waals surface area contributed by atoms with Gasteiger partial charge < -0.3 is 0 Å². The molecule has 0 aromatic carbocycles. The molecule has 0 aliphatic rings. The highest BCUT2D eigenvalue weighted by molar-refractivity contribution is 14.1. The van der Waals surface area contributed by atoms with Crippen LogP contribution in [0.25, 0.3) is 0 Å². The molecule has 0 spiro atoms. The van der Waals surface area contributed by atoms with Crippen LogP contribution in [-0.4, -0.2) is 4.98 Å². The number of hydrogen-bond acceptors (Lipinski definition) is 2. The van der Waals surface area contributed by atoms with Gasteiger partial charge in [0.2, 0.25) is 0 Å². The summed E-state index contributed by atoms with van der Waals surface area (Å²) in [5.41, 5.74) is 0.158. The fraction of sp³-hybridized carbons (Fsp3) is 0.250. The van der Waals surface area contributed by atoms with Crippen molar-refractivity contribution in [2.24, 2.45) is 0 Å². The van der Waals surface area contributed by atoms with Gasteiger partial charge >= 0.3 is 0 Å². The monoisotopic (exact) mass is 328 g/mol. The summed E-state index contributed by atoms with van der Waals surface area (Å²) in [7, 11) is 0. The van der Waals surface area contributed by atoms with E-state index in [9.17, 15) is 8.78 Å². The number of nitriles is 1. The van der Waals surface area contributed by atoms with Gasteiger partial charge in [-0.3, -0.25) is 0 Å². The average molecular weight is 328 g/mol. The second kappa shape index (κ2) is 4.84. The smallest absolute Gasteiger partial charge is 0.229 e. The van der Waals surface area contributed by atoms with Crippen LogP contribution in [0.1, 0.15) is 17.6 Å². The van der Waals surface area contributed by atoms with Gasteiger partial charge in [0, 0.05) is 0 Å². The largest absolute Gasteiger partial charge is 0.266 e. The molecule has 0 saturated carbocycles. The molecule has 1 rings (SSSR count). The normalized spacial score (nSPS) is 10.3. The summed E-state index contributed by atoms with van der Waals surface area (Å²) in [6.45, 7) is 0. The second-order valence-electron chi connectivity index (χ2n) is 2.45. The number of aromatic nitrogens is 1. The molecule has 0 aliphatic heterocycles. The molecule has 2 nitrogen and oxygen atoms in total. The van der Waals surface area contributed by atoms with Gasteiger partial charge in [-0.05, 0) is 34.2 Å². The number of rotatable bonds is 2. The summed E-state index contributed by atoms with van der Waals surface area (Å²) in [6.07, 6.45) is -2.60. The van der Waals surface area contributed by atoms with Crippen molar-refractivity contribution in [1.29, 1.82) is 5.26 Å². The Kier molecular flexibility index (Phi) is 4.01. The van der Waals surface area contributed by atoms with Crippen molar-refractivity contribution >= 4 is 34.2 Å². The van der Waals surface area contributed by atoms with E-state index in [2.05, 4.69) is 4.98 Å². The number of halogens is 4. The molecule has 0 bridgehead atoms. The molecule has 14 heavy (non-hydrogen) atoms. The second-order valence-corrected chi connectivity index (χ2v) is 3.83. The Bertz CT molecular complexity index is 390. The minimum absolute atomic E-state index is 0.0577. The van der Waals surface area contributed by atoms with E-state index in [-0.39, 0.29) is 17.1 Å². The Labute approximate surface area is 98.0 Å². The van der Waals surface area contributed by atoms with Crippen LogP contribution < -0.4 is 0 Å². The highest BCUT2D eigenvalue weighted by Crippen LogP contribution is 2.28. The molecule has 1 heterocycles. The highest BCUT2D eigenvalue weighted by Gasteiger charge is 2.15. The molecule has 1 aromatic rings. The SMILES string of the molecule is N#CCc1cc(C(F)F)c(Cl)nc1I. The molecule has 0 amide bonds. The van der Waals surface area contributed by atoms with Gasteiger partial charge in [0.25, 0.3) is 6.43 Å². The Balaban J connectivity index is 3.21. The number of hydrogen-bond donors (Lipinski definition) is 0. The molecule has 74 valence electrons. The Morgan fingerprint density at radius 1 is 1.64 bits per heavy atom. The minimum atomic E-state index is -2.66. The van der Waals surface area contributed by atoms with Gasteiger partial charge in [0.15, 0.2) is 0 Å². The third kappa shape index (κ3) is 2.51. The first-order chi connectivity index (χ1) is 6.56. The number of alkyl halides is 2. The van der Waals surface area contributed by atoms with E-state index in [0.29, 0.717) is 9.26 Å². The highest BCUT2D eigenvalue weighted by atomic mass is 127. The zero-order chi connectivity index (χ0) is 10.7. The third-order valence-corrected chi connectivity index (χ3v) is 2.77. The molecular weight excluding hydrogens is 324 g/mol. The molecule has 0 atom stereocenters. The van der Waals surface area contributed by atoms with Gasteiger partial charge in [0.05, 0.1) is 18.1 Å². The Hall–Kier alpha value is -0.480. The zero-order valence-electron chi connectivity index (χ0n) is 6.77. The fourth-order valence-electron chi connectivity index (χ4n) is 0.892. The first-order valence-corrected chi connectivity index (χ1v) is 5.02. The topological polar surface area (TPSA) is 36.7 Å². The molecule has 0 N–H and O–H groups in total. The third-order valence-electron chi connectivity index (χ3n) is 1.53. The summed E-state index contributed by atoms with van der Waals surface area (Å²) in [5, 5.41) is 8.24. The van der Waals surface area contributed by atoms with Crippen molar-refractivity contribution in [3.05, 3.63) is 26.0 Å². The predicted octanol–water partition coefficient (Wildman–Crippen LogP) is 3.34. The molecule has 0 aliphatic carbocycles. The quantitative estimate of drug-likeness (QED) is 0.617. The van der Waals surface area contributed by atoms with Crippen molar-refractivity contribution in [2.75, 3.05) is 0 Å². The molecule has 1 aromatic heterocycles. The van der Waals surface area contributed by atoms with Crippen molar-refractivity contribution in [3.63, 3.8) is 0 Å². The maximum atomic E-state index is 12.4. The van der Waals surface area contributed by atoms with E-state index >= 15 is 0 Å². The van der Waals surface area contributed by atoms with Crippen LogP contribution in [0.5, 0.6) is 0 Å². The molecule has 6 heteroatoms. The first kappa shape index (κ1) is 11.6. The number of pyridine rings is 1. The van der Waals surface area contributed by atoms with E-state index in [1.165, 1.54) is 6.07 Å². The van der Waals surface area contributed by atoms with Crippen molar-refractivity contribution in [1.82, 2.24) is 4.98 Å². The lowest BCUT2D eigenvalue weighted by molar-refractivity contribution is 0.151. The Morgan fingerprint density at radius 3 is 2.79 bits per heavy atom. The van der Waals surface area contributed by atoms with Gasteiger partial charge in [-0.1, -0.05) is 11.6 Å². The first-order valence-electron chi connectivity index (χ1n) is 3.56. The summed E-state index contributed by atoms with van der Waals surface area (Å²) >= 11 is 7.38. The maximum Gasteiger partial charge on any atom is 0.266 e. The molecule has 0 radical (unpaired) electrons. The molecule has 0 fully saturated rings. The zero-order valence-corrected chi connectivity index (χ0v) is 9.68. The predicted molar refractivity (Wildman–Crippen MR) is 56.2 cm³/mol. The molecule has 0 unspecified atom stereocenters. The summed E-state index contributed by atoms with van der Waals surface area (Å²) in [6, 6.07) is 3.10. The van der Waals surface area contributed by atoms with E-state index in [1.54, 1.807) is 0 Å². The van der Waals surface area contributed by atoms with Crippen LogP contribution >= 0.6 is 34.2 Å². The lowest BCUT2D eigenvalue weighted by atomic mass is 10.2. The number of nitrogens with zero attached hydrogens (tertiary/aromatic N) is 2. The summed E-state index contributed by atoms with van der Waals surface area (Å²) in [5.74, 6) is 0. The van der Waals surface area contributed by atoms with E-state index in [4.69, 9.17) is 16.9 Å². The fourth-order valence-corrected chi connectivity index (χ4v) is 1.84. The van der Waals surface area contributed by atoms with Gasteiger partial charge in [0.1, 0.15) is 8.85 Å². The van der Waals surface area contributed by atoms with E-state index < -0.39 is 6.43 Å². The summed E-state index contributed by atoms with van der Waals surface area (Å²) < 4.78 is 25.2. The van der Waals surface area contributed by atoms with Gasteiger partial charge in [-0.2, -0.15) is 5.26 Å². The summed E-state index contributed by atoms with van der Waals surface area (Å²) in [4.78, 5) is 3.73. The van der Waals surface area contributed by atoms with Crippen LogP contribution in [0, 0.1) is 15.0 Å². The lowest BCUT2D eigenvalue weighted by Gasteiger charge is -2.05. The van der Waals surface area contributed by atoms with Gasteiger partial charge in [-0.25, -0.2) is 13.8 Å². The van der Waals surface area contributed by atoms with Crippen LogP contribution in [0.2, 0.25) is 5.15 Å². The molecule has 0 saturated heterocycles. The van der Waals surface area contributed by atoms with Crippen molar-refractivity contribution in [3.8, 4) is 6.07 Å². The van der Waals surface area contributed by atoms with Crippen LogP contribution in [-0.2, 0) is 6.42 Å². The van der Waals surface area contributed by atoms with Gasteiger partial charge in [-0.15, -0.1) is 0 Å². The maximum absolute atomic E-state index is 12.4. The molecular formula is C8H4ClF2IN2. The van der Waals surface area contributed by atoms with E-state index in [0.717, 1.165) is 0 Å². The average Bonchev–Trinajstić information content (AvgIpc) is 2.09. The van der Waals surface area contributed by atoms with Crippen LogP contribution in [0.4, 0.5) is 8.78 Å².